The van der Waals surface area contributed by atoms with Crippen molar-refractivity contribution in [2.45, 2.75) is 13.0 Å². The van der Waals surface area contributed by atoms with E-state index in [1.54, 1.807) is 7.11 Å². The molecule has 1 heterocycles. The summed E-state index contributed by atoms with van der Waals surface area (Å²) in [5.74, 6) is 1.66. The van der Waals surface area contributed by atoms with E-state index in [1.807, 2.05) is 19.1 Å². The molecule has 1 aromatic rings. The van der Waals surface area contributed by atoms with Gasteiger partial charge < -0.3 is 14.9 Å². The number of methoxy groups -OCH3 is 1. The van der Waals surface area contributed by atoms with E-state index in [9.17, 15) is 0 Å². The fourth-order valence-electron chi connectivity index (χ4n) is 0.914. The molecule has 0 aliphatic carbocycles. The van der Waals surface area contributed by atoms with Crippen LogP contribution in [0.25, 0.3) is 0 Å². The zero-order valence-electron chi connectivity index (χ0n) is 6.83. The van der Waals surface area contributed by atoms with E-state index in [-0.39, 0.29) is 6.04 Å². The minimum absolute atomic E-state index is 0.145. The lowest BCUT2D eigenvalue weighted by Crippen LogP contribution is -2.15. The van der Waals surface area contributed by atoms with Crippen molar-refractivity contribution in [3.05, 3.63) is 23.7 Å². The van der Waals surface area contributed by atoms with Gasteiger partial charge in [0.15, 0.2) is 0 Å². The molecular weight excluding hydrogens is 142 g/mol. The summed E-state index contributed by atoms with van der Waals surface area (Å²) >= 11 is 0. The van der Waals surface area contributed by atoms with Crippen LogP contribution in [-0.2, 0) is 4.74 Å². The van der Waals surface area contributed by atoms with Gasteiger partial charge in [-0.3, -0.25) is 0 Å². The lowest BCUT2D eigenvalue weighted by molar-refractivity contribution is 0.172. The molecular formula is C8H13NO2. The highest BCUT2D eigenvalue weighted by molar-refractivity contribution is 5.08. The Labute approximate surface area is 66.1 Å². The van der Waals surface area contributed by atoms with Crippen molar-refractivity contribution < 1.29 is 9.15 Å². The predicted molar refractivity (Wildman–Crippen MR) is 42.2 cm³/mol. The molecule has 0 saturated heterocycles. The zero-order chi connectivity index (χ0) is 8.27. The molecule has 1 rings (SSSR count). The van der Waals surface area contributed by atoms with Gasteiger partial charge in [-0.25, -0.2) is 0 Å². The fourth-order valence-corrected chi connectivity index (χ4v) is 0.914. The average Bonchev–Trinajstić information content (AvgIpc) is 2.36. The van der Waals surface area contributed by atoms with Gasteiger partial charge in [-0.2, -0.15) is 0 Å². The van der Waals surface area contributed by atoms with Crippen LogP contribution in [0.2, 0.25) is 0 Å². The third-order valence-electron chi connectivity index (χ3n) is 1.47. The Balaban J connectivity index is 2.60. The van der Waals surface area contributed by atoms with Crippen molar-refractivity contribution in [3.63, 3.8) is 0 Å². The maximum absolute atomic E-state index is 5.70. The summed E-state index contributed by atoms with van der Waals surface area (Å²) in [6.07, 6.45) is 0. The molecule has 0 saturated carbocycles. The third-order valence-corrected chi connectivity index (χ3v) is 1.47. The van der Waals surface area contributed by atoms with Crippen LogP contribution in [0.15, 0.2) is 16.5 Å². The molecule has 3 heteroatoms. The SMILES string of the molecule is COC[C@@H](N)c1ccc(C)o1. The Morgan fingerprint density at radius 1 is 1.64 bits per heavy atom. The molecule has 2 N–H and O–H groups in total. The molecule has 0 spiro atoms. The lowest BCUT2D eigenvalue weighted by Gasteiger charge is -2.05. The van der Waals surface area contributed by atoms with Crippen LogP contribution in [0, 0.1) is 6.92 Å². The van der Waals surface area contributed by atoms with E-state index in [0.29, 0.717) is 6.61 Å². The molecule has 11 heavy (non-hydrogen) atoms. The first-order valence-corrected chi connectivity index (χ1v) is 3.55. The van der Waals surface area contributed by atoms with Crippen molar-refractivity contribution in [1.29, 1.82) is 0 Å². The van der Waals surface area contributed by atoms with Crippen molar-refractivity contribution in [2.75, 3.05) is 13.7 Å². The molecule has 0 radical (unpaired) electrons. The lowest BCUT2D eigenvalue weighted by atomic mass is 10.2. The van der Waals surface area contributed by atoms with Gasteiger partial charge in [0, 0.05) is 7.11 Å². The number of rotatable bonds is 3. The van der Waals surface area contributed by atoms with Gasteiger partial charge in [0.05, 0.1) is 12.6 Å². The Hall–Kier alpha value is -0.800. The summed E-state index contributed by atoms with van der Waals surface area (Å²) in [4.78, 5) is 0. The molecule has 1 aromatic heterocycles. The second-order valence-corrected chi connectivity index (χ2v) is 2.51. The van der Waals surface area contributed by atoms with Gasteiger partial charge >= 0.3 is 0 Å². The molecule has 0 aromatic carbocycles. The van der Waals surface area contributed by atoms with Gasteiger partial charge in [0.1, 0.15) is 11.5 Å². The maximum Gasteiger partial charge on any atom is 0.123 e. The Bertz CT molecular complexity index is 220. The van der Waals surface area contributed by atoms with E-state index in [2.05, 4.69) is 0 Å². The quantitative estimate of drug-likeness (QED) is 0.714. The minimum Gasteiger partial charge on any atom is -0.465 e. The van der Waals surface area contributed by atoms with Gasteiger partial charge in [-0.05, 0) is 19.1 Å². The predicted octanol–water partition coefficient (Wildman–Crippen LogP) is 1.23. The molecule has 0 aliphatic rings. The first-order chi connectivity index (χ1) is 5.24. The Morgan fingerprint density at radius 2 is 2.36 bits per heavy atom. The number of aryl methyl sites for hydroxylation is 1. The summed E-state index contributed by atoms with van der Waals surface area (Å²) in [6, 6.07) is 3.62. The number of nitrogens with two attached hydrogens (primary N) is 1. The summed E-state index contributed by atoms with van der Waals surface area (Å²) in [5, 5.41) is 0. The second-order valence-electron chi connectivity index (χ2n) is 2.51. The fraction of sp³-hybridized carbons (Fsp3) is 0.500. The number of furan rings is 1. The first kappa shape index (κ1) is 8.30. The van der Waals surface area contributed by atoms with Crippen LogP contribution in [0.5, 0.6) is 0 Å². The topological polar surface area (TPSA) is 48.4 Å². The van der Waals surface area contributed by atoms with Gasteiger partial charge in [0.2, 0.25) is 0 Å². The monoisotopic (exact) mass is 155 g/mol. The molecule has 3 nitrogen and oxygen atoms in total. The van der Waals surface area contributed by atoms with E-state index in [1.165, 1.54) is 0 Å². The second kappa shape index (κ2) is 3.55. The normalized spacial score (nSPS) is 13.4. The Morgan fingerprint density at radius 3 is 2.82 bits per heavy atom. The number of hydrogen-bond donors (Lipinski definition) is 1. The summed E-state index contributed by atoms with van der Waals surface area (Å²) in [5.41, 5.74) is 5.70. The third kappa shape index (κ3) is 2.06. The first-order valence-electron chi connectivity index (χ1n) is 3.55. The van der Waals surface area contributed by atoms with Crippen molar-refractivity contribution in [1.82, 2.24) is 0 Å². The van der Waals surface area contributed by atoms with Crippen LogP contribution in [0.4, 0.5) is 0 Å². The smallest absolute Gasteiger partial charge is 0.123 e. The molecule has 62 valence electrons. The zero-order valence-corrected chi connectivity index (χ0v) is 6.83. The minimum atomic E-state index is -0.145. The van der Waals surface area contributed by atoms with Crippen molar-refractivity contribution >= 4 is 0 Å². The van der Waals surface area contributed by atoms with E-state index < -0.39 is 0 Å². The summed E-state index contributed by atoms with van der Waals surface area (Å²) in [7, 11) is 1.62. The molecule has 0 unspecified atom stereocenters. The van der Waals surface area contributed by atoms with Gasteiger partial charge in [-0.1, -0.05) is 0 Å². The highest BCUT2D eigenvalue weighted by atomic mass is 16.5. The van der Waals surface area contributed by atoms with Crippen LogP contribution in [0.1, 0.15) is 17.6 Å². The van der Waals surface area contributed by atoms with Crippen LogP contribution >= 0.6 is 0 Å². The molecule has 0 amide bonds. The van der Waals surface area contributed by atoms with Crippen LogP contribution in [0.3, 0.4) is 0 Å². The molecule has 0 fully saturated rings. The van der Waals surface area contributed by atoms with Gasteiger partial charge in [0.25, 0.3) is 0 Å². The highest BCUT2D eigenvalue weighted by Gasteiger charge is 2.08. The number of ether oxygens (including phenoxy) is 1. The van der Waals surface area contributed by atoms with Gasteiger partial charge in [-0.15, -0.1) is 0 Å². The summed E-state index contributed by atoms with van der Waals surface area (Å²) in [6.45, 7) is 2.38. The standard InChI is InChI=1S/C8H13NO2/c1-6-3-4-8(11-6)7(9)5-10-2/h3-4,7H,5,9H2,1-2H3/t7-/m1/s1. The van der Waals surface area contributed by atoms with Crippen molar-refractivity contribution in [2.24, 2.45) is 5.73 Å². The maximum atomic E-state index is 5.70. The van der Waals surface area contributed by atoms with Crippen molar-refractivity contribution in [3.8, 4) is 0 Å². The number of hydrogen-bond acceptors (Lipinski definition) is 3. The molecule has 0 bridgehead atoms. The van der Waals surface area contributed by atoms with Crippen LogP contribution < -0.4 is 5.73 Å². The largest absolute Gasteiger partial charge is 0.465 e. The molecule has 0 aliphatic heterocycles. The van der Waals surface area contributed by atoms with E-state index in [4.69, 9.17) is 14.9 Å². The van der Waals surface area contributed by atoms with E-state index >= 15 is 0 Å². The highest BCUT2D eigenvalue weighted by Crippen LogP contribution is 2.13. The Kier molecular flexibility index (Phi) is 2.68. The van der Waals surface area contributed by atoms with E-state index in [0.717, 1.165) is 11.5 Å². The average molecular weight is 155 g/mol. The summed E-state index contributed by atoms with van der Waals surface area (Å²) < 4.78 is 10.2. The molecule has 1 atom stereocenters. The van der Waals surface area contributed by atoms with Crippen LogP contribution in [-0.4, -0.2) is 13.7 Å².